The predicted octanol–water partition coefficient (Wildman–Crippen LogP) is 6.47. The van der Waals surface area contributed by atoms with Crippen LogP contribution in [0.5, 0.6) is 5.75 Å². The lowest BCUT2D eigenvalue weighted by Crippen LogP contribution is -2.03. The van der Waals surface area contributed by atoms with Gasteiger partial charge >= 0.3 is 0 Å². The van der Waals surface area contributed by atoms with Gasteiger partial charge in [-0.25, -0.2) is 4.98 Å². The highest BCUT2D eigenvalue weighted by Gasteiger charge is 2.07. The van der Waals surface area contributed by atoms with Gasteiger partial charge in [-0.2, -0.15) is 5.10 Å². The van der Waals surface area contributed by atoms with Crippen LogP contribution in [0, 0.1) is 6.92 Å². The molecule has 5 rings (SSSR count). The Balaban J connectivity index is 1.26. The average Bonchev–Trinajstić information content (AvgIpc) is 3.38. The van der Waals surface area contributed by atoms with Crippen LogP contribution in [0.25, 0.3) is 21.1 Å². The number of nitrogens with one attached hydrogen (secondary N) is 1. The van der Waals surface area contributed by atoms with Gasteiger partial charge < -0.3 is 9.30 Å². The molecule has 0 aliphatic heterocycles. The average molecular weight is 441 g/mol. The largest absolute Gasteiger partial charge is 0.494 e. The molecule has 3 aromatic carbocycles. The predicted molar refractivity (Wildman–Crippen MR) is 134 cm³/mol. The Hall–Kier alpha value is -3.64. The van der Waals surface area contributed by atoms with E-state index in [1.165, 1.54) is 16.5 Å². The SMILES string of the molecule is Cc1cccc(OCCCn2cc(C=NNc3nc4ccccc4s3)c3ccccc32)c1. The lowest BCUT2D eigenvalue weighted by Gasteiger charge is -2.08. The summed E-state index contributed by atoms with van der Waals surface area (Å²) in [4.78, 5) is 4.57. The number of rotatable bonds is 8. The molecule has 0 bridgehead atoms. The van der Waals surface area contributed by atoms with Crippen LogP contribution in [0.3, 0.4) is 0 Å². The Morgan fingerprint density at radius 3 is 2.84 bits per heavy atom. The van der Waals surface area contributed by atoms with Crippen LogP contribution in [0.1, 0.15) is 17.5 Å². The summed E-state index contributed by atoms with van der Waals surface area (Å²) in [5, 5.41) is 6.42. The Labute approximate surface area is 191 Å². The fraction of sp³-hybridized carbons (Fsp3) is 0.154. The van der Waals surface area contributed by atoms with Crippen LogP contribution in [-0.4, -0.2) is 22.4 Å². The second kappa shape index (κ2) is 9.24. The van der Waals surface area contributed by atoms with Crippen molar-refractivity contribution in [2.45, 2.75) is 19.9 Å². The van der Waals surface area contributed by atoms with Crippen molar-refractivity contribution in [3.63, 3.8) is 0 Å². The van der Waals surface area contributed by atoms with Crippen LogP contribution in [-0.2, 0) is 6.54 Å². The number of benzene rings is 3. The summed E-state index contributed by atoms with van der Waals surface area (Å²) < 4.78 is 9.33. The molecule has 6 heteroatoms. The lowest BCUT2D eigenvalue weighted by molar-refractivity contribution is 0.302. The smallest absolute Gasteiger partial charge is 0.204 e. The number of para-hydroxylation sites is 2. The molecule has 5 aromatic rings. The van der Waals surface area contributed by atoms with Crippen molar-refractivity contribution in [1.29, 1.82) is 0 Å². The van der Waals surface area contributed by atoms with Gasteiger partial charge in [0.2, 0.25) is 5.13 Å². The van der Waals surface area contributed by atoms with Gasteiger partial charge in [-0.3, -0.25) is 5.43 Å². The van der Waals surface area contributed by atoms with Crippen molar-refractivity contribution >= 4 is 43.8 Å². The molecule has 2 aromatic heterocycles. The van der Waals surface area contributed by atoms with E-state index in [0.717, 1.165) is 39.6 Å². The van der Waals surface area contributed by atoms with Crippen molar-refractivity contribution in [2.24, 2.45) is 5.10 Å². The first-order chi connectivity index (χ1) is 15.8. The molecular formula is C26H24N4OS. The van der Waals surface area contributed by atoms with Crippen LogP contribution < -0.4 is 10.2 Å². The van der Waals surface area contributed by atoms with Gasteiger partial charge in [-0.05, 0) is 49.2 Å². The minimum Gasteiger partial charge on any atom is -0.494 e. The molecule has 5 nitrogen and oxygen atoms in total. The summed E-state index contributed by atoms with van der Waals surface area (Å²) in [5.74, 6) is 0.927. The topological polar surface area (TPSA) is 51.4 Å². The third-order valence-corrected chi connectivity index (χ3v) is 6.22. The molecule has 0 unspecified atom stereocenters. The Morgan fingerprint density at radius 2 is 1.94 bits per heavy atom. The van der Waals surface area contributed by atoms with Gasteiger partial charge in [0.25, 0.3) is 0 Å². The minimum atomic E-state index is 0.679. The summed E-state index contributed by atoms with van der Waals surface area (Å²) in [5.41, 5.74) is 7.55. The van der Waals surface area contributed by atoms with Crippen LogP contribution in [0.15, 0.2) is 84.1 Å². The number of hydrogen-bond acceptors (Lipinski definition) is 5. The number of aryl methyl sites for hydroxylation is 2. The summed E-state index contributed by atoms with van der Waals surface area (Å²) in [7, 11) is 0. The number of fused-ring (bicyclic) bond motifs is 2. The van der Waals surface area contributed by atoms with Crippen molar-refractivity contribution in [1.82, 2.24) is 9.55 Å². The second-order valence-corrected chi connectivity index (χ2v) is 8.70. The molecule has 0 aliphatic rings. The number of nitrogens with zero attached hydrogens (tertiary/aromatic N) is 3. The van der Waals surface area contributed by atoms with Gasteiger partial charge in [0.1, 0.15) is 5.75 Å². The number of hydrazone groups is 1. The fourth-order valence-corrected chi connectivity index (χ4v) is 4.59. The zero-order valence-electron chi connectivity index (χ0n) is 17.9. The van der Waals surface area contributed by atoms with Crippen molar-refractivity contribution < 1.29 is 4.74 Å². The summed E-state index contributed by atoms with van der Waals surface area (Å²) in [6.07, 6.45) is 4.95. The highest BCUT2D eigenvalue weighted by atomic mass is 32.1. The van der Waals surface area contributed by atoms with E-state index in [2.05, 4.69) is 75.7 Å². The zero-order valence-corrected chi connectivity index (χ0v) is 18.7. The van der Waals surface area contributed by atoms with Gasteiger partial charge in [-0.1, -0.05) is 53.8 Å². The van der Waals surface area contributed by atoms with E-state index in [4.69, 9.17) is 4.74 Å². The number of anilines is 1. The molecule has 0 amide bonds. The third-order valence-electron chi connectivity index (χ3n) is 5.28. The van der Waals surface area contributed by atoms with E-state index >= 15 is 0 Å². The van der Waals surface area contributed by atoms with Gasteiger partial charge in [0, 0.05) is 29.2 Å². The van der Waals surface area contributed by atoms with Crippen molar-refractivity contribution in [3.8, 4) is 5.75 Å². The maximum Gasteiger partial charge on any atom is 0.204 e. The molecular weight excluding hydrogens is 416 g/mol. The first-order valence-corrected chi connectivity index (χ1v) is 11.5. The van der Waals surface area contributed by atoms with E-state index in [1.54, 1.807) is 11.3 Å². The molecule has 0 aliphatic carbocycles. The first kappa shape index (κ1) is 20.3. The molecule has 2 heterocycles. The molecule has 0 atom stereocenters. The highest BCUT2D eigenvalue weighted by Crippen LogP contribution is 2.25. The maximum atomic E-state index is 5.91. The van der Waals surface area contributed by atoms with E-state index < -0.39 is 0 Å². The van der Waals surface area contributed by atoms with Gasteiger partial charge in [0.05, 0.1) is 23.0 Å². The highest BCUT2D eigenvalue weighted by molar-refractivity contribution is 7.22. The minimum absolute atomic E-state index is 0.679. The molecule has 0 saturated carbocycles. The van der Waals surface area contributed by atoms with Crippen molar-refractivity contribution in [3.05, 3.63) is 90.1 Å². The monoisotopic (exact) mass is 440 g/mol. The lowest BCUT2D eigenvalue weighted by atomic mass is 10.2. The van der Waals surface area contributed by atoms with Crippen molar-refractivity contribution in [2.75, 3.05) is 12.0 Å². The molecule has 32 heavy (non-hydrogen) atoms. The fourth-order valence-electron chi connectivity index (χ4n) is 3.77. The quantitative estimate of drug-likeness (QED) is 0.171. The van der Waals surface area contributed by atoms with Gasteiger partial charge in [-0.15, -0.1) is 0 Å². The van der Waals surface area contributed by atoms with E-state index in [-0.39, 0.29) is 0 Å². The molecule has 1 N–H and O–H groups in total. The Morgan fingerprint density at radius 1 is 1.06 bits per heavy atom. The van der Waals surface area contributed by atoms with Gasteiger partial charge in [0.15, 0.2) is 0 Å². The zero-order chi connectivity index (χ0) is 21.8. The number of aromatic nitrogens is 2. The molecule has 0 fully saturated rings. The number of thiazole rings is 1. The second-order valence-electron chi connectivity index (χ2n) is 7.67. The van der Waals surface area contributed by atoms with E-state index in [1.807, 2.05) is 36.5 Å². The first-order valence-electron chi connectivity index (χ1n) is 10.7. The summed E-state index contributed by atoms with van der Waals surface area (Å²) in [6.45, 7) is 3.64. The third kappa shape index (κ3) is 4.50. The Bertz CT molecular complexity index is 1350. The molecule has 0 radical (unpaired) electrons. The van der Waals surface area contributed by atoms with Crippen LogP contribution >= 0.6 is 11.3 Å². The number of ether oxygens (including phenoxy) is 1. The number of hydrogen-bond donors (Lipinski definition) is 1. The molecule has 0 saturated heterocycles. The van der Waals surface area contributed by atoms with Crippen LogP contribution in [0.2, 0.25) is 0 Å². The van der Waals surface area contributed by atoms with E-state index in [9.17, 15) is 0 Å². The molecule has 0 spiro atoms. The summed E-state index contributed by atoms with van der Waals surface area (Å²) >= 11 is 1.60. The maximum absolute atomic E-state index is 5.91. The Kier molecular flexibility index (Phi) is 5.85. The molecule has 160 valence electrons. The standard InChI is InChI=1S/C26H24N4OS/c1-19-8-6-9-21(16-19)31-15-7-14-30-18-20(22-10-2-4-12-24(22)30)17-27-29-26-28-23-11-3-5-13-25(23)32-26/h2-6,8-13,16-18H,7,14-15H2,1H3,(H,28,29). The van der Waals surface area contributed by atoms with E-state index in [0.29, 0.717) is 6.61 Å². The van der Waals surface area contributed by atoms with Crippen LogP contribution in [0.4, 0.5) is 5.13 Å². The normalized spacial score (nSPS) is 11.5. The summed E-state index contributed by atoms with van der Waals surface area (Å²) in [6, 6.07) is 24.7.